The molecule has 0 saturated heterocycles. The van der Waals surface area contributed by atoms with Crippen molar-refractivity contribution in [3.63, 3.8) is 0 Å². The SMILES string of the molecule is Cc1cncc(-c2cc(C(F)F)nn2-c2cc(F)c(S(C)(=O)=O)c(F)c2)c1. The van der Waals surface area contributed by atoms with Gasteiger partial charge in [0, 0.05) is 36.3 Å². The van der Waals surface area contributed by atoms with E-state index in [0.29, 0.717) is 11.8 Å². The summed E-state index contributed by atoms with van der Waals surface area (Å²) in [5, 5.41) is 3.72. The molecule has 0 amide bonds. The van der Waals surface area contributed by atoms with Crippen molar-refractivity contribution < 1.29 is 26.0 Å². The van der Waals surface area contributed by atoms with Gasteiger partial charge in [-0.15, -0.1) is 0 Å². The number of pyridine rings is 1. The second kappa shape index (κ2) is 6.76. The number of aromatic nitrogens is 3. The number of nitrogens with zero attached hydrogens (tertiary/aromatic N) is 3. The van der Waals surface area contributed by atoms with Crippen LogP contribution in [0.3, 0.4) is 0 Å². The summed E-state index contributed by atoms with van der Waals surface area (Å²) in [6.45, 7) is 1.74. The van der Waals surface area contributed by atoms with Crippen molar-refractivity contribution in [1.29, 1.82) is 0 Å². The lowest BCUT2D eigenvalue weighted by Crippen LogP contribution is -2.08. The molecule has 27 heavy (non-hydrogen) atoms. The minimum absolute atomic E-state index is 0.132. The fraction of sp³-hybridized carbons (Fsp3) is 0.176. The molecule has 10 heteroatoms. The third kappa shape index (κ3) is 3.70. The molecule has 0 atom stereocenters. The highest BCUT2D eigenvalue weighted by atomic mass is 32.2. The highest BCUT2D eigenvalue weighted by Crippen LogP contribution is 2.30. The molecule has 142 valence electrons. The summed E-state index contributed by atoms with van der Waals surface area (Å²) >= 11 is 0. The Bertz CT molecular complexity index is 1100. The smallest absolute Gasteiger partial charge is 0.264 e. The number of benzene rings is 1. The van der Waals surface area contributed by atoms with Crippen molar-refractivity contribution in [3.8, 4) is 16.9 Å². The van der Waals surface area contributed by atoms with Gasteiger partial charge in [-0.2, -0.15) is 5.10 Å². The molecule has 1 aromatic carbocycles. The molecule has 2 aromatic heterocycles. The quantitative estimate of drug-likeness (QED) is 0.625. The maximum Gasteiger partial charge on any atom is 0.282 e. The van der Waals surface area contributed by atoms with Crippen LogP contribution in [0, 0.1) is 18.6 Å². The number of rotatable bonds is 4. The van der Waals surface area contributed by atoms with Crippen LogP contribution in [0.15, 0.2) is 41.6 Å². The second-order valence-corrected chi connectivity index (χ2v) is 7.88. The molecule has 5 nitrogen and oxygen atoms in total. The van der Waals surface area contributed by atoms with Gasteiger partial charge in [0.25, 0.3) is 6.43 Å². The molecule has 0 radical (unpaired) electrons. The third-order valence-electron chi connectivity index (χ3n) is 3.72. The zero-order chi connectivity index (χ0) is 19.9. The molecule has 0 bridgehead atoms. The van der Waals surface area contributed by atoms with E-state index in [1.54, 1.807) is 19.2 Å². The zero-order valence-corrected chi connectivity index (χ0v) is 14.9. The average Bonchev–Trinajstić information content (AvgIpc) is 2.98. The number of halogens is 4. The molecule has 3 aromatic rings. The Morgan fingerprint density at radius 1 is 1.04 bits per heavy atom. The number of alkyl halides is 2. The molecule has 0 aliphatic carbocycles. The molecule has 0 aliphatic rings. The van der Waals surface area contributed by atoms with E-state index in [1.807, 2.05) is 0 Å². The van der Waals surface area contributed by atoms with E-state index in [9.17, 15) is 26.0 Å². The molecule has 0 saturated carbocycles. The molecule has 0 N–H and O–H groups in total. The normalized spacial score (nSPS) is 12.0. The second-order valence-electron chi connectivity index (χ2n) is 5.93. The maximum atomic E-state index is 14.2. The Morgan fingerprint density at radius 3 is 2.19 bits per heavy atom. The van der Waals surface area contributed by atoms with E-state index >= 15 is 0 Å². The fourth-order valence-corrected chi connectivity index (χ4v) is 3.45. The van der Waals surface area contributed by atoms with Gasteiger partial charge in [0.2, 0.25) is 0 Å². The van der Waals surface area contributed by atoms with Crippen molar-refractivity contribution in [3.05, 3.63) is 59.6 Å². The van der Waals surface area contributed by atoms with Crippen LogP contribution in [-0.2, 0) is 9.84 Å². The van der Waals surface area contributed by atoms with Gasteiger partial charge in [-0.1, -0.05) is 0 Å². The van der Waals surface area contributed by atoms with Crippen molar-refractivity contribution in [2.45, 2.75) is 18.2 Å². The number of aryl methyl sites for hydroxylation is 1. The van der Waals surface area contributed by atoms with E-state index in [-0.39, 0.29) is 11.4 Å². The largest absolute Gasteiger partial charge is 0.282 e. The van der Waals surface area contributed by atoms with Crippen molar-refractivity contribution >= 4 is 9.84 Å². The van der Waals surface area contributed by atoms with E-state index in [4.69, 9.17) is 0 Å². The maximum absolute atomic E-state index is 14.2. The van der Waals surface area contributed by atoms with Gasteiger partial charge in [0.1, 0.15) is 22.2 Å². The Morgan fingerprint density at radius 2 is 1.67 bits per heavy atom. The van der Waals surface area contributed by atoms with E-state index < -0.39 is 38.5 Å². The number of hydrogen-bond acceptors (Lipinski definition) is 4. The van der Waals surface area contributed by atoms with E-state index in [2.05, 4.69) is 10.1 Å². The minimum Gasteiger partial charge on any atom is -0.264 e. The lowest BCUT2D eigenvalue weighted by Gasteiger charge is -2.10. The third-order valence-corrected chi connectivity index (χ3v) is 4.85. The summed E-state index contributed by atoms with van der Waals surface area (Å²) in [5.41, 5.74) is 0.443. The first kappa shape index (κ1) is 19.0. The van der Waals surface area contributed by atoms with Gasteiger partial charge in [-0.3, -0.25) is 4.98 Å². The lowest BCUT2D eigenvalue weighted by atomic mass is 10.1. The van der Waals surface area contributed by atoms with Crippen LogP contribution in [0.5, 0.6) is 0 Å². The fourth-order valence-electron chi connectivity index (χ4n) is 2.63. The monoisotopic (exact) mass is 399 g/mol. The zero-order valence-electron chi connectivity index (χ0n) is 14.1. The summed E-state index contributed by atoms with van der Waals surface area (Å²) in [6.07, 6.45) is 0.708. The van der Waals surface area contributed by atoms with Gasteiger partial charge < -0.3 is 0 Å². The average molecular weight is 399 g/mol. The summed E-state index contributed by atoms with van der Waals surface area (Å²) in [4.78, 5) is 2.88. The van der Waals surface area contributed by atoms with E-state index in [1.165, 1.54) is 6.20 Å². The number of sulfone groups is 1. The van der Waals surface area contributed by atoms with E-state index in [0.717, 1.165) is 28.4 Å². The van der Waals surface area contributed by atoms with Gasteiger partial charge in [0.15, 0.2) is 9.84 Å². The van der Waals surface area contributed by atoms with Gasteiger partial charge in [-0.05, 0) is 24.6 Å². The first-order chi connectivity index (χ1) is 12.6. The Labute approximate surface area is 152 Å². The first-order valence-electron chi connectivity index (χ1n) is 7.57. The lowest BCUT2D eigenvalue weighted by molar-refractivity contribution is 0.145. The molecule has 0 spiro atoms. The van der Waals surface area contributed by atoms with Crippen molar-refractivity contribution in [1.82, 2.24) is 14.8 Å². The number of hydrogen-bond donors (Lipinski definition) is 0. The molecule has 2 heterocycles. The molecule has 3 rings (SSSR count). The summed E-state index contributed by atoms with van der Waals surface area (Å²) in [7, 11) is -4.15. The molecular formula is C17H13F4N3O2S. The van der Waals surface area contributed by atoms with Crippen LogP contribution < -0.4 is 0 Å². The van der Waals surface area contributed by atoms with Crippen molar-refractivity contribution in [2.75, 3.05) is 6.26 Å². The van der Waals surface area contributed by atoms with Crippen molar-refractivity contribution in [2.24, 2.45) is 0 Å². The van der Waals surface area contributed by atoms with Gasteiger partial charge in [-0.25, -0.2) is 30.7 Å². The van der Waals surface area contributed by atoms with Crippen LogP contribution >= 0.6 is 0 Å². The Balaban J connectivity index is 2.26. The molecular weight excluding hydrogens is 386 g/mol. The highest BCUT2D eigenvalue weighted by molar-refractivity contribution is 7.90. The summed E-state index contributed by atoms with van der Waals surface area (Å²) in [5.74, 6) is -2.68. The van der Waals surface area contributed by atoms with Gasteiger partial charge >= 0.3 is 0 Å². The summed E-state index contributed by atoms with van der Waals surface area (Å²) in [6, 6.07) is 4.19. The van der Waals surface area contributed by atoms with Crippen LogP contribution in [0.25, 0.3) is 16.9 Å². The molecule has 0 aliphatic heterocycles. The topological polar surface area (TPSA) is 64.8 Å². The Hall–Kier alpha value is -2.75. The van der Waals surface area contributed by atoms with Gasteiger partial charge in [0.05, 0.1) is 11.4 Å². The highest BCUT2D eigenvalue weighted by Gasteiger charge is 2.24. The Kier molecular flexibility index (Phi) is 4.77. The first-order valence-corrected chi connectivity index (χ1v) is 9.46. The predicted molar refractivity (Wildman–Crippen MR) is 89.5 cm³/mol. The minimum atomic E-state index is -4.15. The predicted octanol–water partition coefficient (Wildman–Crippen LogP) is 3.86. The molecule has 0 fully saturated rings. The van der Waals surface area contributed by atoms with Crippen LogP contribution in [-0.4, -0.2) is 29.4 Å². The van der Waals surface area contributed by atoms with Crippen LogP contribution in [0.4, 0.5) is 17.6 Å². The standard InChI is InChI=1S/C17H13F4N3O2S/c1-9-3-10(8-22-7-9)15-6-14(17(20)21)23-24(15)11-4-12(18)16(13(19)5-11)27(2,25)26/h3-8,17H,1-2H3. The van der Waals surface area contributed by atoms with Crippen LogP contribution in [0.1, 0.15) is 17.7 Å². The summed E-state index contributed by atoms with van der Waals surface area (Å²) < 4.78 is 78.7. The molecule has 0 unspecified atom stereocenters. The van der Waals surface area contributed by atoms with Crippen LogP contribution in [0.2, 0.25) is 0 Å².